The highest BCUT2D eigenvalue weighted by atomic mass is 16.5. The lowest BCUT2D eigenvalue weighted by Crippen LogP contribution is -2.10. The summed E-state index contributed by atoms with van der Waals surface area (Å²) in [5.41, 5.74) is 6.05. The first-order chi connectivity index (χ1) is 29.7. The topological polar surface area (TPSA) is 146 Å². The second-order valence-electron chi connectivity index (χ2n) is 13.5. The van der Waals surface area contributed by atoms with E-state index in [1.807, 2.05) is 119 Å². The van der Waals surface area contributed by atoms with Gasteiger partial charge >= 0.3 is 5.97 Å². The summed E-state index contributed by atoms with van der Waals surface area (Å²) in [7, 11) is 6.43. The zero-order valence-corrected chi connectivity index (χ0v) is 33.8. The zero-order chi connectivity index (χ0) is 42.9. The quantitative estimate of drug-likeness (QED) is 0.0855. The molecule has 306 valence electrons. The van der Waals surface area contributed by atoms with Gasteiger partial charge in [-0.05, 0) is 140 Å². The fraction of sp³-hybridized carbons (Fsp3) is 0.0816. The van der Waals surface area contributed by atoms with Gasteiger partial charge in [0.1, 0.15) is 34.5 Å². The summed E-state index contributed by atoms with van der Waals surface area (Å²) in [6.45, 7) is 0. The Kier molecular flexibility index (Phi) is 12.5. The largest absolute Gasteiger partial charge is 0.507 e. The van der Waals surface area contributed by atoms with Crippen LogP contribution in [0.2, 0.25) is 0 Å². The zero-order valence-electron chi connectivity index (χ0n) is 33.8. The SMILES string of the molecule is COc1ccc(N(c2ccc(OC)cc2)c2ccc(C=Nc3ccc(C(=O)O)cc3N=Cc3ccc(N(c4ccc(OC)cc4)c4ccc(OC)cc4)cc3O)c(O)c2)cc1. The number of phenols is 2. The molecule has 0 fully saturated rings. The van der Waals surface area contributed by atoms with Gasteiger partial charge in [-0.15, -0.1) is 0 Å². The molecular weight excluding hydrogens is 773 g/mol. The molecule has 0 heterocycles. The van der Waals surface area contributed by atoms with Crippen LogP contribution in [-0.2, 0) is 0 Å². The number of phenolic OH excluding ortho intramolecular Hbond substituents is 2. The molecule has 0 amide bonds. The van der Waals surface area contributed by atoms with Crippen molar-refractivity contribution in [3.8, 4) is 34.5 Å². The van der Waals surface area contributed by atoms with Gasteiger partial charge in [0.05, 0.1) is 45.4 Å². The van der Waals surface area contributed by atoms with Gasteiger partial charge in [-0.3, -0.25) is 9.98 Å². The van der Waals surface area contributed by atoms with Crippen molar-refractivity contribution in [1.29, 1.82) is 0 Å². The molecule has 0 aromatic heterocycles. The van der Waals surface area contributed by atoms with Crippen LogP contribution in [-0.4, -0.2) is 62.2 Å². The number of methoxy groups -OCH3 is 4. The number of aromatic carboxylic acids is 1. The first-order valence-electron chi connectivity index (χ1n) is 19.0. The van der Waals surface area contributed by atoms with Crippen LogP contribution in [0, 0.1) is 0 Å². The molecule has 7 aromatic rings. The highest BCUT2D eigenvalue weighted by molar-refractivity contribution is 5.94. The summed E-state index contributed by atoms with van der Waals surface area (Å²) >= 11 is 0. The Morgan fingerprint density at radius 3 is 1.08 bits per heavy atom. The molecule has 12 nitrogen and oxygen atoms in total. The van der Waals surface area contributed by atoms with E-state index < -0.39 is 5.97 Å². The molecule has 0 radical (unpaired) electrons. The first kappa shape index (κ1) is 40.9. The molecular formula is C49H42N4O8. The van der Waals surface area contributed by atoms with E-state index in [1.54, 1.807) is 52.7 Å². The van der Waals surface area contributed by atoms with Gasteiger partial charge in [-0.1, -0.05) is 0 Å². The molecule has 0 aliphatic carbocycles. The van der Waals surface area contributed by atoms with Crippen LogP contribution in [0.3, 0.4) is 0 Å². The highest BCUT2D eigenvalue weighted by Gasteiger charge is 2.17. The second-order valence-corrected chi connectivity index (χ2v) is 13.5. The number of aromatic hydroxyl groups is 2. The minimum atomic E-state index is -1.14. The molecule has 7 rings (SSSR count). The Hall–Kier alpha value is -8.25. The van der Waals surface area contributed by atoms with Crippen LogP contribution < -0.4 is 28.7 Å². The molecule has 0 aliphatic rings. The van der Waals surface area contributed by atoms with Gasteiger partial charge in [0.2, 0.25) is 0 Å². The lowest BCUT2D eigenvalue weighted by Gasteiger charge is -2.26. The third-order valence-electron chi connectivity index (χ3n) is 9.77. The van der Waals surface area contributed by atoms with E-state index in [2.05, 4.69) is 9.98 Å². The van der Waals surface area contributed by atoms with Crippen LogP contribution in [0.15, 0.2) is 162 Å². The monoisotopic (exact) mass is 814 g/mol. The fourth-order valence-electron chi connectivity index (χ4n) is 6.53. The van der Waals surface area contributed by atoms with Crippen LogP contribution in [0.4, 0.5) is 45.5 Å². The van der Waals surface area contributed by atoms with Crippen LogP contribution in [0.1, 0.15) is 21.5 Å². The number of carboxylic acids is 1. The minimum absolute atomic E-state index is 0.00431. The minimum Gasteiger partial charge on any atom is -0.507 e. The van der Waals surface area contributed by atoms with Crippen LogP contribution in [0.5, 0.6) is 34.5 Å². The number of anilines is 6. The molecule has 0 atom stereocenters. The van der Waals surface area contributed by atoms with Crippen molar-refractivity contribution in [3.63, 3.8) is 0 Å². The Bertz CT molecular complexity index is 2590. The van der Waals surface area contributed by atoms with E-state index in [-0.39, 0.29) is 22.7 Å². The van der Waals surface area contributed by atoms with Gasteiger partial charge in [0.15, 0.2) is 0 Å². The van der Waals surface area contributed by atoms with E-state index in [0.717, 1.165) is 22.7 Å². The Morgan fingerprint density at radius 1 is 0.443 bits per heavy atom. The van der Waals surface area contributed by atoms with E-state index in [0.29, 0.717) is 51.2 Å². The normalized spacial score (nSPS) is 11.1. The molecule has 7 aromatic carbocycles. The molecule has 0 bridgehead atoms. The van der Waals surface area contributed by atoms with Crippen molar-refractivity contribution in [2.45, 2.75) is 0 Å². The lowest BCUT2D eigenvalue weighted by atomic mass is 10.1. The maximum atomic E-state index is 12.0. The number of rotatable bonds is 15. The molecule has 61 heavy (non-hydrogen) atoms. The van der Waals surface area contributed by atoms with Crippen LogP contribution in [0.25, 0.3) is 0 Å². The molecule has 0 saturated heterocycles. The summed E-state index contributed by atoms with van der Waals surface area (Å²) < 4.78 is 21.5. The summed E-state index contributed by atoms with van der Waals surface area (Å²) in [6, 6.07) is 45.0. The summed E-state index contributed by atoms with van der Waals surface area (Å²) in [4.78, 5) is 25.1. The van der Waals surface area contributed by atoms with E-state index in [4.69, 9.17) is 18.9 Å². The van der Waals surface area contributed by atoms with Crippen molar-refractivity contribution in [2.75, 3.05) is 38.2 Å². The standard InChI is InChI=1S/C49H42N4O8/c1-58-41-18-10-35(11-19-41)52(36-12-20-42(59-2)21-13-36)39-8-5-33(47(54)28-39)30-50-45-26-7-32(49(56)57)27-46(45)51-31-34-6-9-40(29-48(34)55)53(37-14-22-43(60-3)23-15-37)38-16-24-44(61-4)25-17-38/h5-31,54-55H,1-4H3,(H,56,57). The smallest absolute Gasteiger partial charge is 0.335 e. The average molecular weight is 815 g/mol. The van der Waals surface area contributed by atoms with Crippen LogP contribution >= 0.6 is 0 Å². The molecule has 0 spiro atoms. The fourth-order valence-corrected chi connectivity index (χ4v) is 6.53. The van der Waals surface area contributed by atoms with E-state index in [9.17, 15) is 20.1 Å². The van der Waals surface area contributed by atoms with Crippen molar-refractivity contribution >= 4 is 63.9 Å². The van der Waals surface area contributed by atoms with Crippen molar-refractivity contribution in [3.05, 3.63) is 168 Å². The van der Waals surface area contributed by atoms with E-state index in [1.165, 1.54) is 30.6 Å². The molecule has 3 N–H and O–H groups in total. The number of carboxylic acid groups (broad SMARTS) is 1. The molecule has 0 aliphatic heterocycles. The first-order valence-corrected chi connectivity index (χ1v) is 19.0. The lowest BCUT2D eigenvalue weighted by molar-refractivity contribution is 0.0697. The van der Waals surface area contributed by atoms with E-state index >= 15 is 0 Å². The Balaban J connectivity index is 1.18. The highest BCUT2D eigenvalue weighted by Crippen LogP contribution is 2.40. The number of aliphatic imine (C=N–C) groups is 2. The summed E-state index contributed by atoms with van der Waals surface area (Å²) in [5, 5.41) is 32.4. The predicted octanol–water partition coefficient (Wildman–Crippen LogP) is 11.3. The maximum Gasteiger partial charge on any atom is 0.335 e. The average Bonchev–Trinajstić information content (AvgIpc) is 3.29. The summed E-state index contributed by atoms with van der Waals surface area (Å²) in [6.07, 6.45) is 2.93. The van der Waals surface area contributed by atoms with Gasteiger partial charge < -0.3 is 44.1 Å². The third-order valence-corrected chi connectivity index (χ3v) is 9.77. The van der Waals surface area contributed by atoms with Gasteiger partial charge in [-0.2, -0.15) is 0 Å². The van der Waals surface area contributed by atoms with Gasteiger partial charge in [0.25, 0.3) is 0 Å². The van der Waals surface area contributed by atoms with Crippen molar-refractivity contribution < 1.29 is 39.1 Å². The number of nitrogens with zero attached hydrogens (tertiary/aromatic N) is 4. The Labute approximate surface area is 353 Å². The number of hydrogen-bond acceptors (Lipinski definition) is 11. The molecule has 12 heteroatoms. The second kappa shape index (κ2) is 18.6. The molecule has 0 saturated carbocycles. The number of hydrogen-bond donors (Lipinski definition) is 3. The Morgan fingerprint density at radius 2 is 0.770 bits per heavy atom. The maximum absolute atomic E-state index is 12.0. The third kappa shape index (κ3) is 9.40. The number of benzene rings is 7. The molecule has 0 unspecified atom stereocenters. The van der Waals surface area contributed by atoms with Gasteiger partial charge in [-0.25, -0.2) is 4.79 Å². The van der Waals surface area contributed by atoms with Crippen molar-refractivity contribution in [1.82, 2.24) is 0 Å². The predicted molar refractivity (Wildman–Crippen MR) is 240 cm³/mol. The van der Waals surface area contributed by atoms with Crippen molar-refractivity contribution in [2.24, 2.45) is 9.98 Å². The van der Waals surface area contributed by atoms with Gasteiger partial charge in [0, 0.05) is 69.8 Å². The number of ether oxygens (including phenoxy) is 4. The number of carbonyl (C=O) groups is 1. The summed E-state index contributed by atoms with van der Waals surface area (Å²) in [5.74, 6) is 1.59.